The zero-order valence-corrected chi connectivity index (χ0v) is 11.4. The molecule has 0 bridgehead atoms. The van der Waals surface area contributed by atoms with Crippen LogP contribution in [0.25, 0.3) is 0 Å². The summed E-state index contributed by atoms with van der Waals surface area (Å²) in [6.45, 7) is 1.97. The molecule has 0 radical (unpaired) electrons. The van der Waals surface area contributed by atoms with Gasteiger partial charge >= 0.3 is 6.36 Å². The van der Waals surface area contributed by atoms with Gasteiger partial charge in [0.05, 0.1) is 6.10 Å². The monoisotopic (exact) mass is 288 g/mol. The summed E-state index contributed by atoms with van der Waals surface area (Å²) in [7, 11) is 0. The number of rotatable bonds is 4. The van der Waals surface area contributed by atoms with E-state index in [1.165, 1.54) is 18.2 Å². The van der Waals surface area contributed by atoms with Crippen LogP contribution >= 0.6 is 0 Å². The number of para-hydroxylation sites is 1. The van der Waals surface area contributed by atoms with Gasteiger partial charge < -0.3 is 9.84 Å². The van der Waals surface area contributed by atoms with Crippen LogP contribution in [0.2, 0.25) is 0 Å². The molecule has 5 heteroatoms. The second-order valence-corrected chi connectivity index (χ2v) is 5.41. The lowest BCUT2D eigenvalue weighted by Crippen LogP contribution is -2.26. The maximum absolute atomic E-state index is 12.4. The molecule has 1 aromatic rings. The average Bonchev–Trinajstić information content (AvgIpc) is 2.86. The normalized spacial score (nSPS) is 19.9. The van der Waals surface area contributed by atoms with Crippen molar-refractivity contribution in [3.05, 3.63) is 29.8 Å². The molecule has 0 heterocycles. The maximum atomic E-state index is 12.4. The highest BCUT2D eigenvalue weighted by atomic mass is 19.4. The lowest BCUT2D eigenvalue weighted by Gasteiger charge is -2.34. The third-order valence-electron chi connectivity index (χ3n) is 4.32. The highest BCUT2D eigenvalue weighted by molar-refractivity contribution is 5.36. The molecule has 0 aliphatic heterocycles. The van der Waals surface area contributed by atoms with Gasteiger partial charge in [-0.1, -0.05) is 38.0 Å². The van der Waals surface area contributed by atoms with Gasteiger partial charge in [-0.3, -0.25) is 0 Å². The summed E-state index contributed by atoms with van der Waals surface area (Å²) in [5.74, 6) is -0.299. The SMILES string of the molecule is CCC1(C(O)c2ccccc2OC(F)(F)F)CCCC1. The molecule has 1 aliphatic carbocycles. The largest absolute Gasteiger partial charge is 0.573 e. The Morgan fingerprint density at radius 2 is 1.85 bits per heavy atom. The standard InChI is InChI=1S/C15H19F3O2/c1-2-14(9-5-6-10-14)13(19)11-7-3-4-8-12(11)20-15(16,17)18/h3-4,7-8,13,19H,2,5-6,9-10H2,1H3. The number of alkyl halides is 3. The van der Waals surface area contributed by atoms with Gasteiger partial charge in [0, 0.05) is 11.0 Å². The van der Waals surface area contributed by atoms with Crippen molar-refractivity contribution in [1.82, 2.24) is 0 Å². The minimum absolute atomic E-state index is 0.230. The van der Waals surface area contributed by atoms with Gasteiger partial charge in [0.25, 0.3) is 0 Å². The quantitative estimate of drug-likeness (QED) is 0.878. The van der Waals surface area contributed by atoms with E-state index in [0.717, 1.165) is 32.1 Å². The Bertz CT molecular complexity index is 451. The summed E-state index contributed by atoms with van der Waals surface area (Å²) in [6.07, 6.45) is -1.23. The molecule has 0 saturated heterocycles. The Balaban J connectivity index is 2.32. The fourth-order valence-corrected chi connectivity index (χ4v) is 3.15. The van der Waals surface area contributed by atoms with Crippen molar-refractivity contribution in [2.24, 2.45) is 5.41 Å². The van der Waals surface area contributed by atoms with Crippen LogP contribution in [0.1, 0.15) is 50.7 Å². The summed E-state index contributed by atoms with van der Waals surface area (Å²) in [4.78, 5) is 0. The van der Waals surface area contributed by atoms with Gasteiger partial charge in [-0.05, 0) is 25.3 Å². The van der Waals surface area contributed by atoms with E-state index in [1.54, 1.807) is 6.07 Å². The van der Waals surface area contributed by atoms with E-state index in [-0.39, 0.29) is 16.7 Å². The second kappa shape index (κ2) is 5.64. The van der Waals surface area contributed by atoms with E-state index < -0.39 is 12.5 Å². The van der Waals surface area contributed by atoms with Gasteiger partial charge in [-0.2, -0.15) is 0 Å². The fourth-order valence-electron chi connectivity index (χ4n) is 3.15. The number of hydrogen-bond donors (Lipinski definition) is 1. The van der Waals surface area contributed by atoms with Crippen LogP contribution in [-0.2, 0) is 0 Å². The van der Waals surface area contributed by atoms with E-state index in [4.69, 9.17) is 0 Å². The summed E-state index contributed by atoms with van der Waals surface area (Å²) in [5, 5.41) is 10.6. The van der Waals surface area contributed by atoms with E-state index in [2.05, 4.69) is 4.74 Å². The van der Waals surface area contributed by atoms with Crippen molar-refractivity contribution >= 4 is 0 Å². The first-order valence-electron chi connectivity index (χ1n) is 6.91. The second-order valence-electron chi connectivity index (χ2n) is 5.41. The molecule has 1 unspecified atom stereocenters. The van der Waals surface area contributed by atoms with Crippen LogP contribution in [0.15, 0.2) is 24.3 Å². The Labute approximate surface area is 116 Å². The molecular formula is C15H19F3O2. The molecule has 2 rings (SSSR count). The van der Waals surface area contributed by atoms with Crippen LogP contribution in [0, 0.1) is 5.41 Å². The van der Waals surface area contributed by atoms with E-state index >= 15 is 0 Å². The fraction of sp³-hybridized carbons (Fsp3) is 0.600. The first-order valence-corrected chi connectivity index (χ1v) is 6.91. The predicted molar refractivity (Wildman–Crippen MR) is 69.3 cm³/mol. The lowest BCUT2D eigenvalue weighted by molar-refractivity contribution is -0.275. The van der Waals surface area contributed by atoms with Crippen LogP contribution in [0.3, 0.4) is 0 Å². The van der Waals surface area contributed by atoms with Crippen molar-refractivity contribution < 1.29 is 23.0 Å². The zero-order chi connectivity index (χ0) is 14.8. The number of ether oxygens (including phenoxy) is 1. The van der Waals surface area contributed by atoms with E-state index in [9.17, 15) is 18.3 Å². The lowest BCUT2D eigenvalue weighted by atomic mass is 9.75. The molecule has 1 aliphatic rings. The molecule has 1 atom stereocenters. The molecule has 1 fully saturated rings. The Morgan fingerprint density at radius 3 is 2.40 bits per heavy atom. The van der Waals surface area contributed by atoms with Crippen LogP contribution in [0.5, 0.6) is 5.75 Å². The van der Waals surface area contributed by atoms with Crippen molar-refractivity contribution in [2.75, 3.05) is 0 Å². The molecule has 1 N–H and O–H groups in total. The van der Waals surface area contributed by atoms with Crippen molar-refractivity contribution in [1.29, 1.82) is 0 Å². The molecule has 0 aromatic heterocycles. The predicted octanol–water partition coefficient (Wildman–Crippen LogP) is 4.59. The molecule has 112 valence electrons. The third-order valence-corrected chi connectivity index (χ3v) is 4.32. The first-order chi connectivity index (χ1) is 9.38. The van der Waals surface area contributed by atoms with Gasteiger partial charge in [-0.25, -0.2) is 0 Å². The third kappa shape index (κ3) is 3.08. The van der Waals surface area contributed by atoms with Gasteiger partial charge in [0.1, 0.15) is 5.75 Å². The van der Waals surface area contributed by atoms with Gasteiger partial charge in [-0.15, -0.1) is 13.2 Å². The summed E-state index contributed by atoms with van der Waals surface area (Å²) >= 11 is 0. The van der Waals surface area contributed by atoms with Crippen molar-refractivity contribution in [3.63, 3.8) is 0 Å². The van der Waals surface area contributed by atoms with Crippen LogP contribution in [0.4, 0.5) is 13.2 Å². The summed E-state index contributed by atoms with van der Waals surface area (Å²) < 4.78 is 41.3. The molecule has 2 nitrogen and oxygen atoms in total. The molecule has 1 saturated carbocycles. The molecule has 0 amide bonds. The minimum atomic E-state index is -4.75. The topological polar surface area (TPSA) is 29.5 Å². The highest BCUT2D eigenvalue weighted by Crippen LogP contribution is 2.51. The van der Waals surface area contributed by atoms with Crippen molar-refractivity contribution in [3.8, 4) is 5.75 Å². The smallest absolute Gasteiger partial charge is 0.405 e. The van der Waals surface area contributed by atoms with Crippen LogP contribution in [-0.4, -0.2) is 11.5 Å². The Kier molecular flexibility index (Phi) is 4.28. The number of hydrogen-bond acceptors (Lipinski definition) is 2. The Hall–Kier alpha value is -1.23. The maximum Gasteiger partial charge on any atom is 0.573 e. The summed E-state index contributed by atoms with van der Waals surface area (Å²) in [6, 6.07) is 5.87. The average molecular weight is 288 g/mol. The van der Waals surface area contributed by atoms with E-state index in [0.29, 0.717) is 0 Å². The first kappa shape index (κ1) is 15.2. The van der Waals surface area contributed by atoms with E-state index in [1.807, 2.05) is 6.92 Å². The molecule has 1 aromatic carbocycles. The number of benzene rings is 1. The molecule has 20 heavy (non-hydrogen) atoms. The number of aliphatic hydroxyl groups is 1. The minimum Gasteiger partial charge on any atom is -0.405 e. The van der Waals surface area contributed by atoms with Crippen molar-refractivity contribution in [2.45, 2.75) is 51.5 Å². The number of halogens is 3. The highest BCUT2D eigenvalue weighted by Gasteiger charge is 2.42. The van der Waals surface area contributed by atoms with Crippen LogP contribution < -0.4 is 4.74 Å². The van der Waals surface area contributed by atoms with Gasteiger partial charge in [0.2, 0.25) is 0 Å². The summed E-state index contributed by atoms with van der Waals surface area (Å²) in [5.41, 5.74) is -0.0981. The molecular weight excluding hydrogens is 269 g/mol. The Morgan fingerprint density at radius 1 is 1.25 bits per heavy atom. The number of aliphatic hydroxyl groups excluding tert-OH is 1. The molecule has 0 spiro atoms. The van der Waals surface area contributed by atoms with Gasteiger partial charge in [0.15, 0.2) is 0 Å². The zero-order valence-electron chi connectivity index (χ0n) is 11.4.